The molecule has 1 amide bonds. The summed E-state index contributed by atoms with van der Waals surface area (Å²) in [6.45, 7) is 6.20. The van der Waals surface area contributed by atoms with E-state index in [2.05, 4.69) is 54.0 Å². The maximum Gasteiger partial charge on any atom is 0.273 e. The average Bonchev–Trinajstić information content (AvgIpc) is 3.23. The van der Waals surface area contributed by atoms with Crippen molar-refractivity contribution in [1.82, 2.24) is 14.3 Å². The minimum absolute atomic E-state index is 0.284. The van der Waals surface area contributed by atoms with Gasteiger partial charge in [-0.25, -0.2) is 0 Å². The molecule has 8 heteroatoms. The second-order valence-electron chi connectivity index (χ2n) is 7.59. The summed E-state index contributed by atoms with van der Waals surface area (Å²) in [7, 11) is 3.56. The van der Waals surface area contributed by atoms with Crippen LogP contribution in [0.15, 0.2) is 60.1 Å². The molecule has 7 nitrogen and oxygen atoms in total. The Labute approximate surface area is 186 Å². The third kappa shape index (κ3) is 4.15. The topological polar surface area (TPSA) is 89.9 Å². The van der Waals surface area contributed by atoms with Crippen molar-refractivity contribution in [3.05, 3.63) is 72.2 Å². The maximum absolute atomic E-state index is 12.5. The van der Waals surface area contributed by atoms with Gasteiger partial charge in [0, 0.05) is 36.9 Å². The van der Waals surface area contributed by atoms with Crippen LogP contribution in [0.3, 0.4) is 0 Å². The Kier molecular flexibility index (Phi) is 5.24. The molecule has 2 heterocycles. The highest BCUT2D eigenvalue weighted by Gasteiger charge is 2.15. The van der Waals surface area contributed by atoms with Crippen molar-refractivity contribution in [2.75, 3.05) is 16.4 Å². The molecule has 4 aromatic rings. The van der Waals surface area contributed by atoms with Gasteiger partial charge in [0.2, 0.25) is 0 Å². The summed E-state index contributed by atoms with van der Waals surface area (Å²) in [4.78, 5) is 13.5. The van der Waals surface area contributed by atoms with Crippen LogP contribution in [-0.4, -0.2) is 20.3 Å². The number of benzene rings is 2. The zero-order valence-corrected chi connectivity index (χ0v) is 18.5. The molecule has 0 aliphatic rings. The molecule has 2 aromatic heterocycles. The fourth-order valence-electron chi connectivity index (χ4n) is 3.61. The van der Waals surface area contributed by atoms with Gasteiger partial charge in [-0.1, -0.05) is 18.7 Å². The van der Waals surface area contributed by atoms with Crippen LogP contribution in [0.4, 0.5) is 17.2 Å². The van der Waals surface area contributed by atoms with E-state index >= 15 is 0 Å². The van der Waals surface area contributed by atoms with Crippen LogP contribution in [0.2, 0.25) is 0 Å². The number of hydrogen-bond donors (Lipinski definition) is 4. The lowest BCUT2D eigenvalue weighted by Gasteiger charge is -2.12. The third-order valence-electron chi connectivity index (χ3n) is 5.06. The van der Waals surface area contributed by atoms with Crippen molar-refractivity contribution in [2.45, 2.75) is 11.8 Å². The van der Waals surface area contributed by atoms with Crippen LogP contribution in [0.1, 0.15) is 21.7 Å². The van der Waals surface area contributed by atoms with Gasteiger partial charge in [-0.3, -0.25) is 9.48 Å². The number of fused-ring (bicyclic) bond motifs is 1. The Morgan fingerprint density at radius 3 is 2.58 bits per heavy atom. The van der Waals surface area contributed by atoms with Crippen molar-refractivity contribution >= 4 is 52.2 Å². The van der Waals surface area contributed by atoms with Crippen LogP contribution in [0, 0.1) is 6.92 Å². The summed E-state index contributed by atoms with van der Waals surface area (Å²) < 4.78 is 3.34. The normalized spacial score (nSPS) is 11.0. The first kappa shape index (κ1) is 20.6. The number of nitrogen functional groups attached to an aromatic ring is 1. The first-order chi connectivity index (χ1) is 14.7. The Balaban J connectivity index is 1.53. The van der Waals surface area contributed by atoms with E-state index in [1.807, 2.05) is 18.2 Å². The highest BCUT2D eigenvalue weighted by molar-refractivity contribution is 7.80. The third-order valence-corrected chi connectivity index (χ3v) is 5.43. The Morgan fingerprint density at radius 1 is 1.10 bits per heavy atom. The smallest absolute Gasteiger partial charge is 0.273 e. The largest absolute Gasteiger partial charge is 0.397 e. The lowest BCUT2D eigenvalue weighted by Crippen LogP contribution is -2.15. The Bertz CT molecular complexity index is 1330. The molecule has 4 N–H and O–H groups in total. The molecule has 0 saturated carbocycles. The number of nitrogens with zero attached hydrogens (tertiary/aromatic N) is 3. The number of amides is 1. The summed E-state index contributed by atoms with van der Waals surface area (Å²) in [5, 5.41) is 12.7. The van der Waals surface area contributed by atoms with Gasteiger partial charge in [-0.05, 0) is 47.5 Å². The van der Waals surface area contributed by atoms with Crippen molar-refractivity contribution < 1.29 is 4.79 Å². The minimum atomic E-state index is -0.284. The van der Waals surface area contributed by atoms with Crippen LogP contribution >= 0.6 is 12.6 Å². The Hall–Kier alpha value is -3.65. The molecule has 158 valence electrons. The van der Waals surface area contributed by atoms with Crippen molar-refractivity contribution in [2.24, 2.45) is 14.1 Å². The number of nitrogens with two attached hydrogens (primary N) is 1. The van der Waals surface area contributed by atoms with E-state index in [-0.39, 0.29) is 5.91 Å². The molecule has 0 bridgehead atoms. The maximum atomic E-state index is 12.5. The fraction of sp³-hybridized carbons (Fsp3) is 0.130. The van der Waals surface area contributed by atoms with E-state index in [4.69, 9.17) is 5.73 Å². The van der Waals surface area contributed by atoms with Crippen LogP contribution in [0.5, 0.6) is 0 Å². The molecule has 0 aliphatic heterocycles. The lowest BCUT2D eigenvalue weighted by atomic mass is 10.1. The number of rotatable bonds is 5. The Morgan fingerprint density at radius 2 is 1.87 bits per heavy atom. The van der Waals surface area contributed by atoms with Gasteiger partial charge in [-0.15, -0.1) is 12.6 Å². The van der Waals surface area contributed by atoms with E-state index in [9.17, 15) is 4.79 Å². The van der Waals surface area contributed by atoms with Gasteiger partial charge < -0.3 is 20.9 Å². The van der Waals surface area contributed by atoms with E-state index in [0.29, 0.717) is 22.9 Å². The number of hydrogen-bond acceptors (Lipinski definition) is 5. The molecular formula is C23H24N6OS. The lowest BCUT2D eigenvalue weighted by molar-refractivity contribution is 0.101. The van der Waals surface area contributed by atoms with E-state index < -0.39 is 0 Å². The number of carbonyl (C=O) groups excluding carboxylic acids is 1. The summed E-state index contributed by atoms with van der Waals surface area (Å²) in [6, 6.07) is 13.7. The molecule has 0 radical (unpaired) electrons. The van der Waals surface area contributed by atoms with Gasteiger partial charge in [-0.2, -0.15) is 5.10 Å². The highest BCUT2D eigenvalue weighted by atomic mass is 32.1. The first-order valence-corrected chi connectivity index (χ1v) is 10.1. The second kappa shape index (κ2) is 7.88. The second-order valence-corrected chi connectivity index (χ2v) is 8.07. The number of anilines is 3. The monoisotopic (exact) mass is 432 g/mol. The molecule has 0 spiro atoms. The fourth-order valence-corrected chi connectivity index (χ4v) is 4.00. The van der Waals surface area contributed by atoms with Crippen LogP contribution in [0.25, 0.3) is 16.5 Å². The summed E-state index contributed by atoms with van der Waals surface area (Å²) in [5.41, 5.74) is 10.2. The molecule has 2 aromatic carbocycles. The molecule has 0 saturated heterocycles. The van der Waals surface area contributed by atoms with E-state index in [0.717, 1.165) is 27.0 Å². The summed E-state index contributed by atoms with van der Waals surface area (Å²) in [6.07, 6.45) is 1.69. The first-order valence-electron chi connectivity index (χ1n) is 9.68. The van der Waals surface area contributed by atoms with E-state index in [1.54, 1.807) is 41.7 Å². The molecule has 31 heavy (non-hydrogen) atoms. The minimum Gasteiger partial charge on any atom is -0.397 e. The van der Waals surface area contributed by atoms with Crippen molar-refractivity contribution in [1.29, 1.82) is 0 Å². The number of aryl methyl sites for hydroxylation is 3. The molecular weight excluding hydrogens is 408 g/mol. The van der Waals surface area contributed by atoms with Gasteiger partial charge >= 0.3 is 0 Å². The van der Waals surface area contributed by atoms with Crippen molar-refractivity contribution in [3.63, 3.8) is 0 Å². The van der Waals surface area contributed by atoms with Gasteiger partial charge in [0.15, 0.2) is 5.82 Å². The highest BCUT2D eigenvalue weighted by Crippen LogP contribution is 2.28. The molecule has 0 unspecified atom stereocenters. The summed E-state index contributed by atoms with van der Waals surface area (Å²) in [5.74, 6) is 0.144. The molecule has 0 atom stereocenters. The van der Waals surface area contributed by atoms with Gasteiger partial charge in [0.1, 0.15) is 5.69 Å². The number of nitrogens with one attached hydrogen (secondary N) is 2. The summed E-state index contributed by atoms with van der Waals surface area (Å²) >= 11 is 4.60. The molecule has 0 aliphatic carbocycles. The van der Waals surface area contributed by atoms with Gasteiger partial charge in [0.25, 0.3) is 5.91 Å². The predicted octanol–water partition coefficient (Wildman–Crippen LogP) is 4.43. The molecule has 4 rings (SSSR count). The average molecular weight is 433 g/mol. The van der Waals surface area contributed by atoms with E-state index in [1.165, 1.54) is 5.56 Å². The van der Waals surface area contributed by atoms with Crippen molar-refractivity contribution in [3.8, 4) is 0 Å². The zero-order chi connectivity index (χ0) is 22.3. The van der Waals surface area contributed by atoms with Crippen LogP contribution < -0.4 is 16.4 Å². The quantitative estimate of drug-likeness (QED) is 0.351. The predicted molar refractivity (Wildman–Crippen MR) is 130 cm³/mol. The standard InChI is InChI=1S/C23H24N6OS/c1-13-7-15-5-6-17(10-18(15)21(31)8-13)25-14(2)19-11-22(27-29(19)4)26-23(30)20-9-16(24)12-28(20)3/h5-12,25,31H,2,24H2,1,3-4H3,(H,26,27,30). The SMILES string of the molecule is C=C(Nc1ccc2cc(C)cc(S)c2c1)c1cc(NC(=O)c2cc(N)cn2C)nn1C. The molecule has 0 fully saturated rings. The zero-order valence-electron chi connectivity index (χ0n) is 17.6. The van der Waals surface area contributed by atoms with Crippen LogP contribution in [-0.2, 0) is 14.1 Å². The number of carbonyl (C=O) groups is 1. The number of thiol groups is 1. The van der Waals surface area contributed by atoms with Gasteiger partial charge in [0.05, 0.1) is 17.1 Å². The number of aromatic nitrogens is 3.